The van der Waals surface area contributed by atoms with Crippen LogP contribution in [0.15, 0.2) is 110 Å². The maximum Gasteiger partial charge on any atom is 0.229 e. The van der Waals surface area contributed by atoms with E-state index in [0.29, 0.717) is 84.4 Å². The highest BCUT2D eigenvalue weighted by Crippen LogP contribution is 2.46. The lowest BCUT2D eigenvalue weighted by molar-refractivity contribution is -0.0267. The molecule has 9 aromatic heterocycles. The molecule has 3 spiro atoms. The maximum absolute atomic E-state index is 15.0. The summed E-state index contributed by atoms with van der Waals surface area (Å²) in [6.07, 6.45) is 23.2. The first-order valence-electron chi connectivity index (χ1n) is 43.5. The van der Waals surface area contributed by atoms with Gasteiger partial charge < -0.3 is 43.9 Å². The van der Waals surface area contributed by atoms with Crippen LogP contribution in [0.2, 0.25) is 0 Å². The zero-order valence-corrected chi connectivity index (χ0v) is 72.4. The van der Waals surface area contributed by atoms with Crippen LogP contribution in [0.25, 0.3) is 66.9 Å². The molecular formula is C93H111F6N21O3. The van der Waals surface area contributed by atoms with Gasteiger partial charge in [0.05, 0.1) is 35.1 Å². The van der Waals surface area contributed by atoms with Crippen LogP contribution in [0.3, 0.4) is 0 Å². The average Bonchev–Trinajstić information content (AvgIpc) is 1.64. The number of fused-ring (bicyclic) bond motifs is 3. The van der Waals surface area contributed by atoms with Gasteiger partial charge in [0.25, 0.3) is 0 Å². The lowest BCUT2D eigenvalue weighted by Gasteiger charge is -2.45. The molecule has 0 amide bonds. The normalized spacial score (nSPS) is 18.3. The summed E-state index contributed by atoms with van der Waals surface area (Å²) in [5, 5.41) is 9.22. The lowest BCUT2D eigenvalue weighted by atomic mass is 9.72. The van der Waals surface area contributed by atoms with Crippen molar-refractivity contribution >= 4 is 68.4 Å². The number of aromatic nitrogens is 15. The van der Waals surface area contributed by atoms with E-state index in [-0.39, 0.29) is 87.7 Å². The minimum absolute atomic E-state index is 0.00935. The van der Waals surface area contributed by atoms with E-state index in [2.05, 4.69) is 129 Å². The van der Waals surface area contributed by atoms with Crippen molar-refractivity contribution in [2.24, 2.45) is 16.2 Å². The highest BCUT2D eigenvalue weighted by atomic mass is 19.1. The predicted molar refractivity (Wildman–Crippen MR) is 465 cm³/mol. The fourth-order valence-electron chi connectivity index (χ4n) is 19.3. The predicted octanol–water partition coefficient (Wildman–Crippen LogP) is 20.3. The molecule has 24 nitrogen and oxygen atoms in total. The van der Waals surface area contributed by atoms with Gasteiger partial charge in [-0.15, -0.1) is 0 Å². The van der Waals surface area contributed by atoms with Crippen molar-refractivity contribution in [3.05, 3.63) is 179 Å². The number of rotatable bonds is 18. The first-order valence-corrected chi connectivity index (χ1v) is 43.5. The van der Waals surface area contributed by atoms with Crippen molar-refractivity contribution in [1.82, 2.24) is 88.2 Å². The fourth-order valence-corrected chi connectivity index (χ4v) is 19.3. The summed E-state index contributed by atoms with van der Waals surface area (Å²) in [6.45, 7) is 36.0. The van der Waals surface area contributed by atoms with E-state index in [0.717, 1.165) is 114 Å². The number of pyridine rings is 3. The Morgan fingerprint density at radius 3 is 0.789 bits per heavy atom. The number of benzene rings is 3. The van der Waals surface area contributed by atoms with Crippen LogP contribution < -0.4 is 16.0 Å². The van der Waals surface area contributed by atoms with Crippen molar-refractivity contribution in [2.45, 2.75) is 196 Å². The molecule has 3 N–H and O–H groups in total. The molecule has 30 heteroatoms. The van der Waals surface area contributed by atoms with Crippen molar-refractivity contribution in [2.75, 3.05) is 94.9 Å². The smallest absolute Gasteiger partial charge is 0.229 e. The molecule has 3 atom stereocenters. The van der Waals surface area contributed by atoms with E-state index in [9.17, 15) is 13.2 Å². The second kappa shape index (κ2) is 36.4. The van der Waals surface area contributed by atoms with E-state index < -0.39 is 34.9 Å². The molecule has 6 fully saturated rings. The third kappa shape index (κ3) is 18.5. The van der Waals surface area contributed by atoms with Gasteiger partial charge in [-0.3, -0.25) is 14.7 Å². The zero-order chi connectivity index (χ0) is 86.2. The topological polar surface area (TPSA) is 243 Å². The molecule has 0 aliphatic carbocycles. The summed E-state index contributed by atoms with van der Waals surface area (Å²) in [4.78, 5) is 59.9. The van der Waals surface area contributed by atoms with Gasteiger partial charge in [-0.1, -0.05) is 18.2 Å². The van der Waals surface area contributed by atoms with Crippen LogP contribution in [-0.2, 0) is 14.2 Å². The summed E-state index contributed by atoms with van der Waals surface area (Å²) < 4.78 is 112. The van der Waals surface area contributed by atoms with Crippen LogP contribution in [0, 0.1) is 71.9 Å². The third-order valence-corrected chi connectivity index (χ3v) is 26.8. The van der Waals surface area contributed by atoms with Crippen LogP contribution in [0.1, 0.15) is 210 Å². The van der Waals surface area contributed by atoms with E-state index in [1.807, 2.05) is 113 Å². The minimum atomic E-state index is -0.636. The largest absolute Gasteiger partial charge is 0.381 e. The van der Waals surface area contributed by atoms with Crippen LogP contribution >= 0.6 is 0 Å². The average molecular weight is 1690 g/mol. The standard InChI is InChI=1S/3C31H37F2N7O/c3*1-19(2)40-21(4)36-29-24(32)15-23(16-26(29)40)28-25(33)18-35-30(38-28)37-27-6-5-22(17-34-27)20(3)39-11-7-31(8-12-39)9-13-41-14-10-31/h3*5-6,15-20H,7-14H2,1-4H3,(H,34,35,37,38)/t2*20-;/m10./s1. The number of nitrogens with one attached hydrogen (secondary N) is 3. The molecule has 12 aromatic rings. The fraction of sp³-hybridized carbons (Fsp3) is 0.484. The van der Waals surface area contributed by atoms with Crippen LogP contribution in [-0.4, -0.2) is 167 Å². The first-order chi connectivity index (χ1) is 59.2. The number of halogens is 6. The molecule has 648 valence electrons. The van der Waals surface area contributed by atoms with Crippen molar-refractivity contribution < 1.29 is 40.6 Å². The Bertz CT molecular complexity index is 5160. The van der Waals surface area contributed by atoms with E-state index >= 15 is 13.2 Å². The maximum atomic E-state index is 15.0. The monoisotopic (exact) mass is 1680 g/mol. The molecule has 6 aliphatic rings. The molecule has 0 bridgehead atoms. The molecule has 15 heterocycles. The minimum Gasteiger partial charge on any atom is -0.381 e. The summed E-state index contributed by atoms with van der Waals surface area (Å²) in [7, 11) is 0. The molecule has 18 rings (SSSR count). The number of hydrogen-bond acceptors (Lipinski definition) is 21. The van der Waals surface area contributed by atoms with Crippen molar-refractivity contribution in [3.63, 3.8) is 0 Å². The van der Waals surface area contributed by atoms with Gasteiger partial charge in [-0.2, -0.15) is 0 Å². The van der Waals surface area contributed by atoms with Gasteiger partial charge in [-0.25, -0.2) is 86.2 Å². The summed E-state index contributed by atoms with van der Waals surface area (Å²) in [5.74, 6) is 0.826. The number of likely N-dealkylation sites (tertiary alicyclic amines) is 3. The Hall–Kier alpha value is -10.5. The molecule has 123 heavy (non-hydrogen) atoms. The Morgan fingerprint density at radius 1 is 0.309 bits per heavy atom. The highest BCUT2D eigenvalue weighted by Gasteiger charge is 2.41. The van der Waals surface area contributed by atoms with Crippen LogP contribution in [0.4, 0.5) is 61.6 Å². The van der Waals surface area contributed by atoms with Gasteiger partial charge in [0, 0.05) is 111 Å². The Labute approximate surface area is 713 Å². The van der Waals surface area contributed by atoms with Gasteiger partial charge in [-0.05, 0) is 287 Å². The quantitative estimate of drug-likeness (QED) is 0.0676. The molecule has 0 radical (unpaired) electrons. The number of ether oxygens (including phenoxy) is 3. The molecule has 0 saturated carbocycles. The number of imidazole rings is 3. The van der Waals surface area contributed by atoms with E-state index in [4.69, 9.17) is 14.2 Å². The molecule has 3 aromatic carbocycles. The van der Waals surface area contributed by atoms with E-state index in [1.54, 1.807) is 18.2 Å². The van der Waals surface area contributed by atoms with E-state index in [1.165, 1.54) is 95.2 Å². The summed E-state index contributed by atoms with van der Waals surface area (Å²) in [5.41, 5.74) is 8.37. The Balaban J connectivity index is 0.000000137. The van der Waals surface area contributed by atoms with Crippen LogP contribution in [0.5, 0.6) is 0 Å². The lowest BCUT2D eigenvalue weighted by Crippen LogP contribution is -2.43. The third-order valence-electron chi connectivity index (χ3n) is 26.8. The number of piperidine rings is 3. The summed E-state index contributed by atoms with van der Waals surface area (Å²) in [6, 6.07) is 21.8. The zero-order valence-electron chi connectivity index (χ0n) is 72.4. The number of aryl methyl sites for hydroxylation is 3. The Kier molecular flexibility index (Phi) is 25.4. The SMILES string of the molecule is Cc1nc2c(F)cc(-c3nc(Nc4ccc(C(C)N5CCC6(CCOCC6)CC5)cn4)ncc3F)cc2n1C(C)C.Cc1nc2c(F)cc(-c3nc(Nc4ccc([C@@H](C)N5CCC6(CCOCC6)CC5)cn4)ncc3F)cc2n1C(C)C.Cc1nc2c(F)cc(-c3nc(Nc4ccc([C@H](C)N5CCC6(CCOCC6)CC5)cn4)ncc3F)cc2n1C(C)C. The van der Waals surface area contributed by atoms with Crippen molar-refractivity contribution in [3.8, 4) is 33.8 Å². The molecule has 6 saturated heterocycles. The number of nitrogens with zero attached hydrogens (tertiary/aromatic N) is 18. The van der Waals surface area contributed by atoms with Crippen molar-refractivity contribution in [1.29, 1.82) is 0 Å². The molecule has 1 unspecified atom stereocenters. The van der Waals surface area contributed by atoms with Gasteiger partial charge in [0.1, 0.15) is 68.6 Å². The number of hydrogen-bond donors (Lipinski definition) is 3. The highest BCUT2D eigenvalue weighted by molar-refractivity contribution is 5.85. The number of anilines is 6. The van der Waals surface area contributed by atoms with Gasteiger partial charge in [0.15, 0.2) is 34.9 Å². The molecular weight excluding hydrogens is 1570 g/mol. The van der Waals surface area contributed by atoms with Gasteiger partial charge in [0.2, 0.25) is 17.8 Å². The summed E-state index contributed by atoms with van der Waals surface area (Å²) >= 11 is 0. The molecule has 6 aliphatic heterocycles. The first kappa shape index (κ1) is 86.0. The Morgan fingerprint density at radius 2 is 0.561 bits per heavy atom. The second-order valence-corrected chi connectivity index (χ2v) is 35.3. The second-order valence-electron chi connectivity index (χ2n) is 35.3. The van der Waals surface area contributed by atoms with Gasteiger partial charge >= 0.3 is 0 Å².